The maximum atomic E-state index is 12.9. The van der Waals surface area contributed by atoms with E-state index in [0.29, 0.717) is 35.5 Å². The average molecular weight is 457 g/mol. The van der Waals surface area contributed by atoms with Crippen LogP contribution in [0.4, 0.5) is 29.7 Å². The molecule has 1 aromatic carbocycles. The van der Waals surface area contributed by atoms with Gasteiger partial charge in [0.15, 0.2) is 0 Å². The Balaban J connectivity index is 1.97. The molecule has 1 aromatic heterocycles. The average Bonchev–Trinajstić information content (AvgIpc) is 3.31. The van der Waals surface area contributed by atoms with Gasteiger partial charge in [0.2, 0.25) is 11.0 Å². The first-order chi connectivity index (χ1) is 14.5. The van der Waals surface area contributed by atoms with Crippen molar-refractivity contribution in [3.8, 4) is 0 Å². The minimum Gasteiger partial charge on any atom is -0.481 e. The number of anilines is 3. The fraction of sp³-hybridized carbons (Fsp3) is 0.571. The molecule has 1 fully saturated rings. The zero-order chi connectivity index (χ0) is 22.9. The van der Waals surface area contributed by atoms with Crippen molar-refractivity contribution in [3.05, 3.63) is 29.6 Å². The van der Waals surface area contributed by atoms with Gasteiger partial charge in [-0.25, -0.2) is 0 Å². The smallest absolute Gasteiger partial charge is 0.452 e. The Bertz CT molecular complexity index is 920. The molecule has 6 nitrogen and oxygen atoms in total. The maximum absolute atomic E-state index is 12.9. The van der Waals surface area contributed by atoms with Gasteiger partial charge >= 0.3 is 12.1 Å². The zero-order valence-corrected chi connectivity index (χ0v) is 18.7. The number of aromatic nitrogens is 2. The highest BCUT2D eigenvalue weighted by atomic mass is 32.1. The molecule has 2 aromatic rings. The van der Waals surface area contributed by atoms with Gasteiger partial charge in [0.05, 0.1) is 17.3 Å². The summed E-state index contributed by atoms with van der Waals surface area (Å²) >= 11 is 0.650. The van der Waals surface area contributed by atoms with Crippen molar-refractivity contribution in [1.29, 1.82) is 0 Å². The predicted molar refractivity (Wildman–Crippen MR) is 115 cm³/mol. The minimum atomic E-state index is -4.61. The van der Waals surface area contributed by atoms with Gasteiger partial charge in [0, 0.05) is 24.6 Å². The Morgan fingerprint density at radius 3 is 2.39 bits per heavy atom. The Kier molecular flexibility index (Phi) is 6.78. The molecule has 0 bridgehead atoms. The van der Waals surface area contributed by atoms with Gasteiger partial charge in [0.1, 0.15) is 0 Å². The van der Waals surface area contributed by atoms with Gasteiger partial charge in [0.25, 0.3) is 0 Å². The second-order valence-electron chi connectivity index (χ2n) is 8.80. The standard InChI is InChI=1S/C21H27F3N4O2S/c1-11(2)9-28(10-12(3)4)17-6-5-13(14-8-15(14)18(29)30)7-16(17)25-20-26-19(27-31-20)21(22,23)24/h5-7,11-12,14-15H,8-10H2,1-4H3,(H,29,30)(H,25,26,27). The minimum absolute atomic E-state index is 0.0466. The highest BCUT2D eigenvalue weighted by molar-refractivity contribution is 7.09. The van der Waals surface area contributed by atoms with E-state index < -0.39 is 23.9 Å². The van der Waals surface area contributed by atoms with E-state index in [1.165, 1.54) is 0 Å². The topological polar surface area (TPSA) is 78.4 Å². The van der Waals surface area contributed by atoms with Crippen LogP contribution in [0.15, 0.2) is 18.2 Å². The number of aliphatic carboxylic acids is 1. The summed E-state index contributed by atoms with van der Waals surface area (Å²) in [5.74, 6) is -1.75. The molecular formula is C21H27F3N4O2S. The molecule has 0 radical (unpaired) electrons. The molecule has 1 aliphatic rings. The first-order valence-corrected chi connectivity index (χ1v) is 11.0. The van der Waals surface area contributed by atoms with E-state index in [0.717, 1.165) is 24.3 Å². The van der Waals surface area contributed by atoms with E-state index in [4.69, 9.17) is 0 Å². The van der Waals surface area contributed by atoms with E-state index in [9.17, 15) is 23.1 Å². The number of carboxylic acid groups (broad SMARTS) is 1. The Hall–Kier alpha value is -2.36. The van der Waals surface area contributed by atoms with Gasteiger partial charge in [-0.3, -0.25) is 4.79 Å². The predicted octanol–water partition coefficient (Wildman–Crippen LogP) is 5.61. The Morgan fingerprint density at radius 1 is 1.26 bits per heavy atom. The molecule has 2 unspecified atom stereocenters. The monoisotopic (exact) mass is 456 g/mol. The van der Waals surface area contributed by atoms with Crippen molar-refractivity contribution < 1.29 is 23.1 Å². The molecule has 0 aliphatic heterocycles. The van der Waals surface area contributed by atoms with Crippen LogP contribution in [-0.4, -0.2) is 33.5 Å². The van der Waals surface area contributed by atoms with Gasteiger partial charge in [-0.15, -0.1) is 0 Å². The molecule has 31 heavy (non-hydrogen) atoms. The number of hydrogen-bond acceptors (Lipinski definition) is 6. The van der Waals surface area contributed by atoms with E-state index in [2.05, 4.69) is 47.3 Å². The number of hydrogen-bond donors (Lipinski definition) is 2. The van der Waals surface area contributed by atoms with Crippen molar-refractivity contribution in [1.82, 2.24) is 9.36 Å². The third-order valence-corrected chi connectivity index (χ3v) is 5.62. The lowest BCUT2D eigenvalue weighted by molar-refractivity contribution is -0.144. The third kappa shape index (κ3) is 5.87. The van der Waals surface area contributed by atoms with Crippen LogP contribution in [0.5, 0.6) is 0 Å². The van der Waals surface area contributed by atoms with Gasteiger partial charge in [-0.2, -0.15) is 22.5 Å². The summed E-state index contributed by atoms with van der Waals surface area (Å²) in [6.45, 7) is 9.98. The summed E-state index contributed by atoms with van der Waals surface area (Å²) in [5.41, 5.74) is 2.32. The number of halogens is 3. The lowest BCUT2D eigenvalue weighted by atomic mass is 10.0. The quantitative estimate of drug-likeness (QED) is 0.511. The fourth-order valence-electron chi connectivity index (χ4n) is 3.65. The largest absolute Gasteiger partial charge is 0.481 e. The molecule has 1 saturated carbocycles. The second kappa shape index (κ2) is 9.02. The summed E-state index contributed by atoms with van der Waals surface area (Å²) in [6.07, 6.45) is -4.04. The number of nitrogens with zero attached hydrogens (tertiary/aromatic N) is 3. The van der Waals surface area contributed by atoms with Gasteiger partial charge < -0.3 is 15.3 Å². The fourth-order valence-corrected chi connectivity index (χ4v) is 4.25. The van der Waals surface area contributed by atoms with Crippen LogP contribution >= 0.6 is 11.5 Å². The molecule has 10 heteroatoms. The van der Waals surface area contributed by atoms with Crippen LogP contribution in [-0.2, 0) is 11.0 Å². The van der Waals surface area contributed by atoms with E-state index in [1.54, 1.807) is 0 Å². The lowest BCUT2D eigenvalue weighted by Gasteiger charge is -2.30. The lowest BCUT2D eigenvalue weighted by Crippen LogP contribution is -2.31. The van der Waals surface area contributed by atoms with Crippen LogP contribution < -0.4 is 10.2 Å². The maximum Gasteiger partial charge on any atom is 0.452 e. The van der Waals surface area contributed by atoms with E-state index in [-0.39, 0.29) is 11.0 Å². The molecule has 0 spiro atoms. The number of carbonyl (C=O) groups is 1. The molecule has 1 aliphatic carbocycles. The molecule has 170 valence electrons. The van der Waals surface area contributed by atoms with Gasteiger partial charge in [-0.1, -0.05) is 33.8 Å². The SMILES string of the molecule is CC(C)CN(CC(C)C)c1ccc(C2CC2C(=O)O)cc1Nc1nc(C(F)(F)F)ns1. The highest BCUT2D eigenvalue weighted by Gasteiger charge is 2.44. The molecule has 1 heterocycles. The zero-order valence-electron chi connectivity index (χ0n) is 17.9. The summed E-state index contributed by atoms with van der Waals surface area (Å²) in [5, 5.41) is 12.3. The van der Waals surface area contributed by atoms with Gasteiger partial charge in [-0.05, 0) is 41.9 Å². The van der Waals surface area contributed by atoms with Crippen LogP contribution in [0.1, 0.15) is 51.4 Å². The first-order valence-electron chi connectivity index (χ1n) is 10.2. The van der Waals surface area contributed by atoms with Crippen molar-refractivity contribution >= 4 is 34.0 Å². The third-order valence-electron chi connectivity index (χ3n) is 4.99. The van der Waals surface area contributed by atoms with Crippen molar-refractivity contribution in [2.45, 2.75) is 46.2 Å². The summed E-state index contributed by atoms with van der Waals surface area (Å²) in [4.78, 5) is 17.1. The van der Waals surface area contributed by atoms with Crippen molar-refractivity contribution in [2.24, 2.45) is 17.8 Å². The highest BCUT2D eigenvalue weighted by Crippen LogP contribution is 2.49. The number of rotatable bonds is 9. The van der Waals surface area contributed by atoms with Crippen LogP contribution in [0, 0.1) is 17.8 Å². The molecular weight excluding hydrogens is 429 g/mol. The Labute approximate surface area is 183 Å². The van der Waals surface area contributed by atoms with E-state index >= 15 is 0 Å². The molecule has 0 saturated heterocycles. The van der Waals surface area contributed by atoms with Crippen molar-refractivity contribution in [3.63, 3.8) is 0 Å². The molecule has 2 atom stereocenters. The molecule has 3 rings (SSSR count). The number of benzene rings is 1. The number of alkyl halides is 3. The normalized spacial score (nSPS) is 18.5. The first kappa shape index (κ1) is 23.3. The molecule has 2 N–H and O–H groups in total. The summed E-state index contributed by atoms with van der Waals surface area (Å²) in [6, 6.07) is 5.68. The summed E-state index contributed by atoms with van der Waals surface area (Å²) < 4.78 is 42.2. The second-order valence-corrected chi connectivity index (χ2v) is 9.55. The Morgan fingerprint density at radius 2 is 1.90 bits per heavy atom. The van der Waals surface area contributed by atoms with Crippen molar-refractivity contribution in [2.75, 3.05) is 23.3 Å². The van der Waals surface area contributed by atoms with E-state index in [1.807, 2.05) is 18.2 Å². The summed E-state index contributed by atoms with van der Waals surface area (Å²) in [7, 11) is 0. The number of carboxylic acids is 1. The van der Waals surface area contributed by atoms with Crippen LogP contribution in [0.2, 0.25) is 0 Å². The van der Waals surface area contributed by atoms with Crippen LogP contribution in [0.25, 0.3) is 0 Å². The van der Waals surface area contributed by atoms with Crippen LogP contribution in [0.3, 0.4) is 0 Å². The molecule has 0 amide bonds. The number of nitrogens with one attached hydrogen (secondary N) is 1.